The average Bonchev–Trinajstić information content (AvgIpc) is 2.46. The second-order valence-corrected chi connectivity index (χ2v) is 4.46. The molecule has 0 bridgehead atoms. The summed E-state index contributed by atoms with van der Waals surface area (Å²) in [5.74, 6) is -1.11. The number of hydrogen-bond acceptors (Lipinski definition) is 2. The van der Waals surface area contributed by atoms with E-state index in [-0.39, 0.29) is 0 Å². The fourth-order valence-corrected chi connectivity index (χ4v) is 2.11. The van der Waals surface area contributed by atoms with Gasteiger partial charge in [0.05, 0.1) is 5.52 Å². The molecule has 2 nitrogen and oxygen atoms in total. The molecule has 3 aromatic rings. The van der Waals surface area contributed by atoms with Crippen molar-refractivity contribution in [1.82, 2.24) is 4.98 Å². The number of hydrogen-bond donors (Lipinski definition) is 1. The van der Waals surface area contributed by atoms with Crippen LogP contribution in [0.3, 0.4) is 0 Å². The van der Waals surface area contributed by atoms with E-state index in [4.69, 9.17) is 0 Å². The van der Waals surface area contributed by atoms with Crippen LogP contribution in [-0.4, -0.2) is 4.98 Å². The van der Waals surface area contributed by atoms with Crippen LogP contribution in [0.25, 0.3) is 10.9 Å². The van der Waals surface area contributed by atoms with Crippen LogP contribution in [0.2, 0.25) is 0 Å². The Morgan fingerprint density at radius 2 is 1.85 bits per heavy atom. The number of rotatable bonds is 3. The van der Waals surface area contributed by atoms with Crippen LogP contribution in [-0.2, 0) is 6.54 Å². The number of anilines is 1. The van der Waals surface area contributed by atoms with E-state index in [1.807, 2.05) is 30.3 Å². The van der Waals surface area contributed by atoms with E-state index < -0.39 is 11.6 Å². The van der Waals surface area contributed by atoms with Crippen LogP contribution in [0, 0.1) is 11.6 Å². The van der Waals surface area contributed by atoms with Crippen molar-refractivity contribution < 1.29 is 8.78 Å². The predicted molar refractivity (Wildman–Crippen MR) is 75.4 cm³/mol. The van der Waals surface area contributed by atoms with Gasteiger partial charge in [-0.3, -0.25) is 4.98 Å². The number of fused-ring (bicyclic) bond motifs is 1. The summed E-state index contributed by atoms with van der Waals surface area (Å²) in [6.07, 6.45) is 1.70. The van der Waals surface area contributed by atoms with Gasteiger partial charge in [0.2, 0.25) is 0 Å². The van der Waals surface area contributed by atoms with Crippen molar-refractivity contribution in [1.29, 1.82) is 0 Å². The summed E-state index contributed by atoms with van der Waals surface area (Å²) < 4.78 is 26.4. The molecule has 20 heavy (non-hydrogen) atoms. The predicted octanol–water partition coefficient (Wildman–Crippen LogP) is 4.13. The Morgan fingerprint density at radius 3 is 2.70 bits per heavy atom. The highest BCUT2D eigenvalue weighted by atomic mass is 19.1. The molecule has 4 heteroatoms. The van der Waals surface area contributed by atoms with Crippen LogP contribution in [0.4, 0.5) is 14.5 Å². The highest BCUT2D eigenvalue weighted by Gasteiger charge is 2.05. The van der Waals surface area contributed by atoms with Crippen molar-refractivity contribution >= 4 is 16.6 Å². The SMILES string of the molecule is Fc1ccc(CNc2ccnc3ccccc23)c(F)c1. The molecule has 0 aliphatic carbocycles. The third kappa shape index (κ3) is 2.45. The minimum Gasteiger partial charge on any atom is -0.380 e. The Labute approximate surface area is 115 Å². The van der Waals surface area contributed by atoms with Crippen molar-refractivity contribution in [2.45, 2.75) is 6.54 Å². The van der Waals surface area contributed by atoms with Crippen molar-refractivity contribution in [3.8, 4) is 0 Å². The second kappa shape index (κ2) is 5.25. The van der Waals surface area contributed by atoms with E-state index >= 15 is 0 Å². The Morgan fingerprint density at radius 1 is 1.00 bits per heavy atom. The highest BCUT2D eigenvalue weighted by Crippen LogP contribution is 2.22. The molecule has 0 fully saturated rings. The maximum absolute atomic E-state index is 13.6. The van der Waals surface area contributed by atoms with Crippen LogP contribution in [0.5, 0.6) is 0 Å². The van der Waals surface area contributed by atoms with Crippen molar-refractivity contribution in [2.24, 2.45) is 0 Å². The Balaban J connectivity index is 1.87. The fraction of sp³-hybridized carbons (Fsp3) is 0.0625. The Hall–Kier alpha value is -2.49. The van der Waals surface area contributed by atoms with E-state index in [1.165, 1.54) is 12.1 Å². The van der Waals surface area contributed by atoms with Gasteiger partial charge in [-0.05, 0) is 18.2 Å². The van der Waals surface area contributed by atoms with Gasteiger partial charge in [0.25, 0.3) is 0 Å². The first-order valence-corrected chi connectivity index (χ1v) is 6.25. The summed E-state index contributed by atoms with van der Waals surface area (Å²) >= 11 is 0. The molecule has 1 aromatic heterocycles. The number of nitrogens with zero attached hydrogens (tertiary/aromatic N) is 1. The minimum atomic E-state index is -0.569. The van der Waals surface area contributed by atoms with Gasteiger partial charge in [-0.15, -0.1) is 0 Å². The normalized spacial score (nSPS) is 10.7. The smallest absolute Gasteiger partial charge is 0.131 e. The van der Waals surface area contributed by atoms with Gasteiger partial charge < -0.3 is 5.32 Å². The molecule has 1 N–H and O–H groups in total. The van der Waals surface area contributed by atoms with E-state index in [0.29, 0.717) is 12.1 Å². The monoisotopic (exact) mass is 270 g/mol. The number of nitrogens with one attached hydrogen (secondary N) is 1. The van der Waals surface area contributed by atoms with Crippen LogP contribution in [0.1, 0.15) is 5.56 Å². The number of pyridine rings is 1. The lowest BCUT2D eigenvalue weighted by Gasteiger charge is -2.10. The Bertz CT molecular complexity index is 751. The zero-order valence-corrected chi connectivity index (χ0v) is 10.6. The van der Waals surface area contributed by atoms with Gasteiger partial charge in [-0.2, -0.15) is 0 Å². The second-order valence-electron chi connectivity index (χ2n) is 4.46. The summed E-state index contributed by atoms with van der Waals surface area (Å²) in [6.45, 7) is 0.292. The average molecular weight is 270 g/mol. The molecular weight excluding hydrogens is 258 g/mol. The third-order valence-electron chi connectivity index (χ3n) is 3.13. The topological polar surface area (TPSA) is 24.9 Å². The number of para-hydroxylation sites is 1. The number of halogens is 2. The van der Waals surface area contributed by atoms with Crippen molar-refractivity contribution in [3.05, 3.63) is 71.9 Å². The molecule has 0 saturated heterocycles. The largest absolute Gasteiger partial charge is 0.380 e. The lowest BCUT2D eigenvalue weighted by molar-refractivity contribution is 0.574. The molecule has 0 radical (unpaired) electrons. The third-order valence-corrected chi connectivity index (χ3v) is 3.13. The zero-order chi connectivity index (χ0) is 13.9. The van der Waals surface area contributed by atoms with Crippen LogP contribution >= 0.6 is 0 Å². The zero-order valence-electron chi connectivity index (χ0n) is 10.6. The van der Waals surface area contributed by atoms with Gasteiger partial charge in [0, 0.05) is 35.4 Å². The maximum atomic E-state index is 13.6. The molecule has 0 saturated carbocycles. The molecule has 2 aromatic carbocycles. The molecule has 0 aliphatic heterocycles. The summed E-state index contributed by atoms with van der Waals surface area (Å²) in [4.78, 5) is 4.26. The fourth-order valence-electron chi connectivity index (χ4n) is 2.11. The van der Waals surface area contributed by atoms with Gasteiger partial charge in [-0.1, -0.05) is 24.3 Å². The van der Waals surface area contributed by atoms with Gasteiger partial charge >= 0.3 is 0 Å². The summed E-state index contributed by atoms with van der Waals surface area (Å²) in [5.41, 5.74) is 2.17. The number of aromatic nitrogens is 1. The molecule has 3 rings (SSSR count). The molecule has 0 atom stereocenters. The van der Waals surface area contributed by atoms with Crippen LogP contribution in [0.15, 0.2) is 54.7 Å². The molecular formula is C16H12F2N2. The first-order chi connectivity index (χ1) is 9.74. The van der Waals surface area contributed by atoms with E-state index in [0.717, 1.165) is 22.7 Å². The maximum Gasteiger partial charge on any atom is 0.131 e. The van der Waals surface area contributed by atoms with Crippen molar-refractivity contribution in [2.75, 3.05) is 5.32 Å². The summed E-state index contributed by atoms with van der Waals surface area (Å²) in [5, 5.41) is 4.13. The Kier molecular flexibility index (Phi) is 3.29. The lowest BCUT2D eigenvalue weighted by Crippen LogP contribution is -2.03. The van der Waals surface area contributed by atoms with E-state index in [1.54, 1.807) is 6.20 Å². The first-order valence-electron chi connectivity index (χ1n) is 6.25. The first kappa shape index (κ1) is 12.5. The highest BCUT2D eigenvalue weighted by molar-refractivity contribution is 5.90. The molecule has 0 unspecified atom stereocenters. The summed E-state index contributed by atoms with van der Waals surface area (Å²) in [7, 11) is 0. The van der Waals surface area contributed by atoms with Gasteiger partial charge in [0.15, 0.2) is 0 Å². The summed E-state index contributed by atoms with van der Waals surface area (Å²) in [6, 6.07) is 13.1. The molecule has 100 valence electrons. The van der Waals surface area contributed by atoms with Crippen molar-refractivity contribution in [3.63, 3.8) is 0 Å². The molecule has 0 aliphatic rings. The van der Waals surface area contributed by atoms with E-state index in [9.17, 15) is 8.78 Å². The van der Waals surface area contributed by atoms with E-state index in [2.05, 4.69) is 10.3 Å². The molecule has 1 heterocycles. The standard InChI is InChI=1S/C16H12F2N2/c17-12-6-5-11(14(18)9-12)10-20-16-7-8-19-15-4-2-1-3-13(15)16/h1-9H,10H2,(H,19,20). The quantitative estimate of drug-likeness (QED) is 0.774. The molecule has 0 spiro atoms. The lowest BCUT2D eigenvalue weighted by atomic mass is 10.1. The molecule has 0 amide bonds. The van der Waals surface area contributed by atoms with Gasteiger partial charge in [-0.25, -0.2) is 8.78 Å². The van der Waals surface area contributed by atoms with Crippen LogP contribution < -0.4 is 5.32 Å². The minimum absolute atomic E-state index is 0.292. The number of benzene rings is 2. The van der Waals surface area contributed by atoms with Gasteiger partial charge in [0.1, 0.15) is 11.6 Å².